The lowest BCUT2D eigenvalue weighted by Crippen LogP contribution is -1.82. The minimum Gasteiger partial charge on any atom is -0.305 e. The van der Waals surface area contributed by atoms with E-state index in [1.807, 2.05) is 12.1 Å². The van der Waals surface area contributed by atoms with Gasteiger partial charge in [0.2, 0.25) is 0 Å². The second-order valence-electron chi connectivity index (χ2n) is 4.79. The molecule has 0 bridgehead atoms. The quantitative estimate of drug-likeness (QED) is 0.530. The zero-order valence-electron chi connectivity index (χ0n) is 11.0. The number of rotatable bonds is 2. The smallest absolute Gasteiger partial charge is 0.137 e. The minimum atomic E-state index is 0.961. The van der Waals surface area contributed by atoms with E-state index in [0.717, 1.165) is 28.2 Å². The molecule has 4 aromatic rings. The van der Waals surface area contributed by atoms with Crippen LogP contribution in [0.3, 0.4) is 0 Å². The molecule has 3 heterocycles. The second-order valence-corrected chi connectivity index (χ2v) is 6.03. The topological polar surface area (TPSA) is 46.0 Å². The number of benzene rings is 1. The van der Waals surface area contributed by atoms with Crippen molar-refractivity contribution in [2.75, 3.05) is 0 Å². The number of fused-ring (bicyclic) bond motifs is 1. The number of aromatic amines is 1. The van der Waals surface area contributed by atoms with E-state index in [1.165, 1.54) is 3.57 Å². The van der Waals surface area contributed by atoms with Gasteiger partial charge in [-0.2, -0.15) is 5.10 Å². The van der Waals surface area contributed by atoms with Gasteiger partial charge in [-0.3, -0.25) is 5.10 Å². The summed E-state index contributed by atoms with van der Waals surface area (Å²) in [5.74, 6) is 0. The fourth-order valence-corrected chi connectivity index (χ4v) is 2.82. The van der Waals surface area contributed by atoms with Crippen molar-refractivity contribution in [2.24, 2.45) is 0 Å². The molecule has 1 aromatic carbocycles. The van der Waals surface area contributed by atoms with E-state index >= 15 is 0 Å². The maximum atomic E-state index is 4.66. The number of halogens is 1. The molecule has 0 aliphatic carbocycles. The van der Waals surface area contributed by atoms with Crippen LogP contribution in [0.5, 0.6) is 0 Å². The predicted octanol–water partition coefficient (Wildman–Crippen LogP) is 4.00. The molecule has 3 aromatic heterocycles. The largest absolute Gasteiger partial charge is 0.305 e. The van der Waals surface area contributed by atoms with Crippen molar-refractivity contribution in [3.05, 3.63) is 64.6 Å². The van der Waals surface area contributed by atoms with Gasteiger partial charge in [-0.25, -0.2) is 4.98 Å². The standard InChI is InChI=1S/C16H11IN4/c17-13-5-6-16-19-15(10-21(16)9-13)12-3-1-11(2-4-12)14-7-8-18-20-14/h1-10H,(H,18,20). The average Bonchev–Trinajstić information content (AvgIpc) is 3.16. The lowest BCUT2D eigenvalue weighted by atomic mass is 10.1. The van der Waals surface area contributed by atoms with Crippen LogP contribution in [0.15, 0.2) is 61.1 Å². The highest BCUT2D eigenvalue weighted by atomic mass is 127. The fourth-order valence-electron chi connectivity index (χ4n) is 2.34. The van der Waals surface area contributed by atoms with Crippen LogP contribution in [-0.4, -0.2) is 19.6 Å². The van der Waals surface area contributed by atoms with Crippen LogP contribution in [0.2, 0.25) is 0 Å². The highest BCUT2D eigenvalue weighted by Crippen LogP contribution is 2.23. The SMILES string of the molecule is Ic1ccc2nc(-c3ccc(-c4ccn[nH]4)cc3)cn2c1. The number of hydrogen-bond donors (Lipinski definition) is 1. The molecule has 0 radical (unpaired) electrons. The Hall–Kier alpha value is -2.15. The Bertz CT molecular complexity index is 892. The summed E-state index contributed by atoms with van der Waals surface area (Å²) in [5.41, 5.74) is 5.19. The summed E-state index contributed by atoms with van der Waals surface area (Å²) in [7, 11) is 0. The first-order valence-electron chi connectivity index (χ1n) is 6.54. The van der Waals surface area contributed by atoms with Gasteiger partial charge in [-0.15, -0.1) is 0 Å². The lowest BCUT2D eigenvalue weighted by molar-refractivity contribution is 1.10. The Morgan fingerprint density at radius 3 is 2.48 bits per heavy atom. The third-order valence-electron chi connectivity index (χ3n) is 3.41. The van der Waals surface area contributed by atoms with Crippen LogP contribution in [0.25, 0.3) is 28.2 Å². The summed E-state index contributed by atoms with van der Waals surface area (Å²) >= 11 is 2.30. The Kier molecular flexibility index (Phi) is 2.99. The number of imidazole rings is 1. The molecule has 4 rings (SSSR count). The van der Waals surface area contributed by atoms with Gasteiger partial charge in [-0.1, -0.05) is 24.3 Å². The Labute approximate surface area is 135 Å². The maximum Gasteiger partial charge on any atom is 0.137 e. The van der Waals surface area contributed by atoms with Crippen LogP contribution in [-0.2, 0) is 0 Å². The molecule has 0 fully saturated rings. The summed E-state index contributed by atoms with van der Waals surface area (Å²) < 4.78 is 3.25. The zero-order chi connectivity index (χ0) is 14.2. The average molecular weight is 386 g/mol. The molecular formula is C16H11IN4. The molecule has 0 saturated carbocycles. The Balaban J connectivity index is 1.74. The van der Waals surface area contributed by atoms with Crippen molar-refractivity contribution in [3.8, 4) is 22.5 Å². The first-order valence-corrected chi connectivity index (χ1v) is 7.62. The predicted molar refractivity (Wildman–Crippen MR) is 90.9 cm³/mol. The molecule has 0 unspecified atom stereocenters. The second kappa shape index (κ2) is 5.00. The van der Waals surface area contributed by atoms with E-state index in [-0.39, 0.29) is 0 Å². The van der Waals surface area contributed by atoms with Gasteiger partial charge in [0, 0.05) is 27.7 Å². The fraction of sp³-hybridized carbons (Fsp3) is 0. The van der Waals surface area contributed by atoms with Crippen molar-refractivity contribution in [3.63, 3.8) is 0 Å². The van der Waals surface area contributed by atoms with Gasteiger partial charge in [0.1, 0.15) is 5.65 Å². The van der Waals surface area contributed by atoms with Crippen molar-refractivity contribution >= 4 is 28.2 Å². The van der Waals surface area contributed by atoms with Gasteiger partial charge < -0.3 is 4.40 Å². The number of H-pyrrole nitrogens is 1. The number of nitrogens with one attached hydrogen (secondary N) is 1. The van der Waals surface area contributed by atoms with Gasteiger partial charge in [-0.05, 0) is 46.4 Å². The van der Waals surface area contributed by atoms with E-state index in [1.54, 1.807) is 6.20 Å². The Morgan fingerprint density at radius 2 is 1.71 bits per heavy atom. The summed E-state index contributed by atoms with van der Waals surface area (Å²) in [4.78, 5) is 4.66. The number of hydrogen-bond acceptors (Lipinski definition) is 2. The summed E-state index contributed by atoms with van der Waals surface area (Å²) in [6, 6.07) is 14.4. The third kappa shape index (κ3) is 2.33. The molecule has 1 N–H and O–H groups in total. The number of nitrogens with zero attached hydrogens (tertiary/aromatic N) is 3. The van der Waals surface area contributed by atoms with Crippen LogP contribution in [0.4, 0.5) is 0 Å². The first-order chi connectivity index (χ1) is 10.3. The molecule has 0 aliphatic heterocycles. The van der Waals surface area contributed by atoms with Gasteiger partial charge in [0.05, 0.1) is 11.4 Å². The maximum absolute atomic E-state index is 4.66. The van der Waals surface area contributed by atoms with E-state index < -0.39 is 0 Å². The summed E-state index contributed by atoms with van der Waals surface area (Å²) in [6.45, 7) is 0. The van der Waals surface area contributed by atoms with Gasteiger partial charge >= 0.3 is 0 Å². The molecule has 0 atom stereocenters. The molecular weight excluding hydrogens is 375 g/mol. The molecule has 5 heteroatoms. The number of aromatic nitrogens is 4. The number of pyridine rings is 1. The lowest BCUT2D eigenvalue weighted by Gasteiger charge is -1.99. The normalized spacial score (nSPS) is 11.1. The first kappa shape index (κ1) is 12.6. The van der Waals surface area contributed by atoms with Crippen molar-refractivity contribution in [1.29, 1.82) is 0 Å². The van der Waals surface area contributed by atoms with Crippen LogP contribution in [0, 0.1) is 3.57 Å². The van der Waals surface area contributed by atoms with Crippen LogP contribution < -0.4 is 0 Å². The highest BCUT2D eigenvalue weighted by Gasteiger charge is 2.05. The van der Waals surface area contributed by atoms with Crippen molar-refractivity contribution < 1.29 is 0 Å². The van der Waals surface area contributed by atoms with Crippen molar-refractivity contribution in [2.45, 2.75) is 0 Å². The summed E-state index contributed by atoms with van der Waals surface area (Å²) in [5, 5.41) is 6.94. The van der Waals surface area contributed by atoms with Gasteiger partial charge in [0.15, 0.2) is 0 Å². The highest BCUT2D eigenvalue weighted by molar-refractivity contribution is 14.1. The third-order valence-corrected chi connectivity index (χ3v) is 4.05. The monoisotopic (exact) mass is 386 g/mol. The molecule has 102 valence electrons. The van der Waals surface area contributed by atoms with Crippen molar-refractivity contribution in [1.82, 2.24) is 19.6 Å². The molecule has 0 aliphatic rings. The van der Waals surface area contributed by atoms with E-state index in [2.05, 4.69) is 84.9 Å². The molecule has 0 amide bonds. The molecule has 4 nitrogen and oxygen atoms in total. The van der Waals surface area contributed by atoms with E-state index in [0.29, 0.717) is 0 Å². The van der Waals surface area contributed by atoms with Gasteiger partial charge in [0.25, 0.3) is 0 Å². The minimum absolute atomic E-state index is 0.961. The summed E-state index contributed by atoms with van der Waals surface area (Å²) in [6.07, 6.45) is 5.89. The van der Waals surface area contributed by atoms with E-state index in [4.69, 9.17) is 0 Å². The van der Waals surface area contributed by atoms with Crippen LogP contribution in [0.1, 0.15) is 0 Å². The Morgan fingerprint density at radius 1 is 0.905 bits per heavy atom. The molecule has 21 heavy (non-hydrogen) atoms. The zero-order valence-corrected chi connectivity index (χ0v) is 13.2. The molecule has 0 spiro atoms. The van der Waals surface area contributed by atoms with Crippen LogP contribution >= 0.6 is 22.6 Å². The molecule has 0 saturated heterocycles. The van der Waals surface area contributed by atoms with E-state index in [9.17, 15) is 0 Å².